The van der Waals surface area contributed by atoms with Crippen LogP contribution in [-0.4, -0.2) is 22.6 Å². The highest BCUT2D eigenvalue weighted by molar-refractivity contribution is 5.49. The largest absolute Gasteiger partial charge is 0.324 e. The van der Waals surface area contributed by atoms with Gasteiger partial charge in [-0.1, -0.05) is 17.7 Å². The zero-order chi connectivity index (χ0) is 14.7. The maximum Gasteiger partial charge on any atom is 0.123 e. The van der Waals surface area contributed by atoms with Gasteiger partial charge >= 0.3 is 0 Å². The van der Waals surface area contributed by atoms with Crippen LogP contribution in [0.4, 0.5) is 4.39 Å². The highest BCUT2D eigenvalue weighted by atomic mass is 19.1. The van der Waals surface area contributed by atoms with Crippen molar-refractivity contribution in [1.29, 1.82) is 0 Å². The van der Waals surface area contributed by atoms with E-state index in [1.54, 1.807) is 0 Å². The molecule has 4 heteroatoms. The number of hydrogen-bond donors (Lipinski definition) is 1. The summed E-state index contributed by atoms with van der Waals surface area (Å²) >= 11 is 0. The predicted octanol–water partition coefficient (Wildman–Crippen LogP) is 3.40. The Hall–Kier alpha value is -1.94. The van der Waals surface area contributed by atoms with Crippen LogP contribution in [0.3, 0.4) is 0 Å². The average molecular weight is 285 g/mol. The summed E-state index contributed by atoms with van der Waals surface area (Å²) in [4.78, 5) is 4.28. The van der Waals surface area contributed by atoms with Crippen molar-refractivity contribution in [3.8, 4) is 0 Å². The fourth-order valence-corrected chi connectivity index (χ4v) is 2.75. The van der Waals surface area contributed by atoms with Gasteiger partial charge in [0.1, 0.15) is 5.82 Å². The molecule has 1 saturated heterocycles. The molecule has 0 radical (unpaired) electrons. The van der Waals surface area contributed by atoms with Crippen LogP contribution in [0.15, 0.2) is 42.4 Å². The molecular weight excluding hydrogens is 265 g/mol. The number of aromatic nitrogens is 2. The van der Waals surface area contributed by atoms with E-state index in [0.717, 1.165) is 37.2 Å². The molecule has 0 amide bonds. The van der Waals surface area contributed by atoms with Crippen molar-refractivity contribution in [2.75, 3.05) is 13.1 Å². The molecule has 110 valence electrons. The summed E-state index contributed by atoms with van der Waals surface area (Å²) in [5, 5.41) is 3.36. The molecule has 1 aromatic heterocycles. The standard InChI is InChI=1S/C17H20FN3/c1-13(15-2-4-16(18)5-3-15)21-12-20-11-17(21)10-14-6-8-19-9-7-14/h2-5,10-13,19H,6-9H2,1H3/t13-/m1/s1. The van der Waals surface area contributed by atoms with Crippen LogP contribution in [0, 0.1) is 5.82 Å². The zero-order valence-electron chi connectivity index (χ0n) is 12.2. The Morgan fingerprint density at radius 1 is 1.24 bits per heavy atom. The van der Waals surface area contributed by atoms with E-state index in [1.165, 1.54) is 17.7 Å². The van der Waals surface area contributed by atoms with Gasteiger partial charge in [-0.15, -0.1) is 0 Å². The summed E-state index contributed by atoms with van der Waals surface area (Å²) in [5.74, 6) is -0.200. The lowest BCUT2D eigenvalue weighted by Crippen LogP contribution is -2.23. The maximum absolute atomic E-state index is 13.0. The Kier molecular flexibility index (Phi) is 4.15. The minimum atomic E-state index is -0.200. The van der Waals surface area contributed by atoms with Crippen molar-refractivity contribution in [3.05, 3.63) is 59.4 Å². The highest BCUT2D eigenvalue weighted by Gasteiger charge is 2.12. The molecule has 1 aromatic carbocycles. The van der Waals surface area contributed by atoms with E-state index in [2.05, 4.69) is 27.9 Å². The van der Waals surface area contributed by atoms with Crippen LogP contribution in [-0.2, 0) is 0 Å². The molecule has 1 atom stereocenters. The van der Waals surface area contributed by atoms with Gasteiger partial charge in [0.05, 0.1) is 24.3 Å². The molecule has 0 unspecified atom stereocenters. The van der Waals surface area contributed by atoms with Crippen molar-refractivity contribution >= 4 is 6.08 Å². The van der Waals surface area contributed by atoms with Crippen LogP contribution in [0.5, 0.6) is 0 Å². The number of halogens is 1. The molecular formula is C17H20FN3. The lowest BCUT2D eigenvalue weighted by molar-refractivity contribution is 0.606. The first-order chi connectivity index (χ1) is 10.2. The molecule has 1 aliphatic heterocycles. The van der Waals surface area contributed by atoms with Gasteiger partial charge in [-0.25, -0.2) is 9.37 Å². The number of rotatable bonds is 3. The van der Waals surface area contributed by atoms with E-state index in [0.29, 0.717) is 0 Å². The summed E-state index contributed by atoms with van der Waals surface area (Å²) < 4.78 is 15.2. The van der Waals surface area contributed by atoms with Gasteiger partial charge in [-0.05, 0) is 56.6 Å². The van der Waals surface area contributed by atoms with Crippen LogP contribution in [0.2, 0.25) is 0 Å². The molecule has 1 aliphatic rings. The topological polar surface area (TPSA) is 29.9 Å². The molecule has 0 aliphatic carbocycles. The summed E-state index contributed by atoms with van der Waals surface area (Å²) in [6.45, 7) is 4.21. The Morgan fingerprint density at radius 2 is 1.95 bits per heavy atom. The average Bonchev–Trinajstić information content (AvgIpc) is 2.96. The quantitative estimate of drug-likeness (QED) is 0.936. The van der Waals surface area contributed by atoms with Crippen molar-refractivity contribution in [3.63, 3.8) is 0 Å². The van der Waals surface area contributed by atoms with Crippen LogP contribution < -0.4 is 5.32 Å². The fraction of sp³-hybridized carbons (Fsp3) is 0.353. The second kappa shape index (κ2) is 6.22. The Bertz CT molecular complexity index is 620. The van der Waals surface area contributed by atoms with E-state index >= 15 is 0 Å². The van der Waals surface area contributed by atoms with E-state index in [-0.39, 0.29) is 11.9 Å². The smallest absolute Gasteiger partial charge is 0.123 e. The molecule has 2 heterocycles. The molecule has 0 spiro atoms. The molecule has 0 saturated carbocycles. The third-order valence-electron chi connectivity index (χ3n) is 4.06. The third-order valence-corrected chi connectivity index (χ3v) is 4.06. The molecule has 21 heavy (non-hydrogen) atoms. The number of hydrogen-bond acceptors (Lipinski definition) is 2. The van der Waals surface area contributed by atoms with Crippen molar-refractivity contribution in [2.24, 2.45) is 0 Å². The van der Waals surface area contributed by atoms with Crippen LogP contribution in [0.25, 0.3) is 6.08 Å². The lowest BCUT2D eigenvalue weighted by atomic mass is 10.0. The normalized spacial score (nSPS) is 16.8. The maximum atomic E-state index is 13.0. The summed E-state index contributed by atoms with van der Waals surface area (Å²) in [7, 11) is 0. The van der Waals surface area contributed by atoms with Crippen LogP contribution >= 0.6 is 0 Å². The number of benzene rings is 1. The molecule has 1 fully saturated rings. The Balaban J connectivity index is 1.85. The Morgan fingerprint density at radius 3 is 2.67 bits per heavy atom. The van der Waals surface area contributed by atoms with E-state index in [1.807, 2.05) is 24.7 Å². The minimum absolute atomic E-state index is 0.140. The van der Waals surface area contributed by atoms with Gasteiger partial charge in [0, 0.05) is 0 Å². The van der Waals surface area contributed by atoms with Gasteiger partial charge in [-0.2, -0.15) is 0 Å². The first-order valence-corrected chi connectivity index (χ1v) is 7.41. The van der Waals surface area contributed by atoms with Gasteiger partial charge < -0.3 is 9.88 Å². The molecule has 1 N–H and O–H groups in total. The summed E-state index contributed by atoms with van der Waals surface area (Å²) in [5.41, 5.74) is 3.66. The second-order valence-electron chi connectivity index (χ2n) is 5.51. The fourth-order valence-electron chi connectivity index (χ4n) is 2.75. The first kappa shape index (κ1) is 14.0. The van der Waals surface area contributed by atoms with Crippen LogP contribution in [0.1, 0.15) is 37.1 Å². The van der Waals surface area contributed by atoms with E-state index < -0.39 is 0 Å². The Labute approximate surface area is 124 Å². The van der Waals surface area contributed by atoms with Gasteiger partial charge in [0.2, 0.25) is 0 Å². The summed E-state index contributed by atoms with van der Waals surface area (Å²) in [6.07, 6.45) is 8.18. The van der Waals surface area contributed by atoms with Gasteiger partial charge in [0.25, 0.3) is 0 Å². The molecule has 0 bridgehead atoms. The first-order valence-electron chi connectivity index (χ1n) is 7.41. The van der Waals surface area contributed by atoms with Gasteiger partial charge in [0.15, 0.2) is 0 Å². The SMILES string of the molecule is C[C@H](c1ccc(F)cc1)n1cncc1C=C1CCNCC1. The number of piperidine rings is 1. The molecule has 3 nitrogen and oxygen atoms in total. The third kappa shape index (κ3) is 3.22. The van der Waals surface area contributed by atoms with Crippen molar-refractivity contribution in [2.45, 2.75) is 25.8 Å². The zero-order valence-corrected chi connectivity index (χ0v) is 12.2. The van der Waals surface area contributed by atoms with E-state index in [9.17, 15) is 4.39 Å². The second-order valence-corrected chi connectivity index (χ2v) is 5.51. The molecule has 2 aromatic rings. The number of nitrogens with one attached hydrogen (secondary N) is 1. The molecule has 3 rings (SSSR count). The minimum Gasteiger partial charge on any atom is -0.324 e. The van der Waals surface area contributed by atoms with Gasteiger partial charge in [-0.3, -0.25) is 0 Å². The number of nitrogens with zero attached hydrogens (tertiary/aromatic N) is 2. The monoisotopic (exact) mass is 285 g/mol. The lowest BCUT2D eigenvalue weighted by Gasteiger charge is -2.18. The predicted molar refractivity (Wildman–Crippen MR) is 82.5 cm³/mol. The number of imidazole rings is 1. The van der Waals surface area contributed by atoms with Crippen molar-refractivity contribution in [1.82, 2.24) is 14.9 Å². The highest BCUT2D eigenvalue weighted by Crippen LogP contribution is 2.22. The van der Waals surface area contributed by atoms with E-state index in [4.69, 9.17) is 0 Å². The van der Waals surface area contributed by atoms with Crippen molar-refractivity contribution < 1.29 is 4.39 Å². The summed E-state index contributed by atoms with van der Waals surface area (Å²) in [6, 6.07) is 6.83.